The SMILES string of the molecule is COCCNCc1ccnc(-c2cccc(F)c2)n1. The molecule has 0 saturated heterocycles. The summed E-state index contributed by atoms with van der Waals surface area (Å²) in [6, 6.07) is 8.11. The van der Waals surface area contributed by atoms with Gasteiger partial charge in [0.05, 0.1) is 12.3 Å². The molecule has 19 heavy (non-hydrogen) atoms. The summed E-state index contributed by atoms with van der Waals surface area (Å²) in [5.41, 5.74) is 1.55. The van der Waals surface area contributed by atoms with Crippen LogP contribution in [0.1, 0.15) is 5.69 Å². The molecule has 0 unspecified atom stereocenters. The van der Waals surface area contributed by atoms with Gasteiger partial charge in [-0.2, -0.15) is 0 Å². The molecule has 100 valence electrons. The zero-order chi connectivity index (χ0) is 13.5. The fourth-order valence-corrected chi connectivity index (χ4v) is 1.65. The number of nitrogens with zero attached hydrogens (tertiary/aromatic N) is 2. The van der Waals surface area contributed by atoms with Crippen molar-refractivity contribution in [2.45, 2.75) is 6.54 Å². The fraction of sp³-hybridized carbons (Fsp3) is 0.286. The van der Waals surface area contributed by atoms with Gasteiger partial charge in [0, 0.05) is 32.0 Å². The Balaban J connectivity index is 2.06. The molecule has 0 saturated carbocycles. The van der Waals surface area contributed by atoms with Gasteiger partial charge in [-0.1, -0.05) is 12.1 Å². The number of aromatic nitrogens is 2. The molecule has 4 nitrogen and oxygen atoms in total. The normalized spacial score (nSPS) is 10.6. The number of ether oxygens (including phenoxy) is 1. The van der Waals surface area contributed by atoms with Crippen molar-refractivity contribution in [3.05, 3.63) is 48.0 Å². The van der Waals surface area contributed by atoms with Gasteiger partial charge in [0.2, 0.25) is 0 Å². The van der Waals surface area contributed by atoms with Crippen molar-refractivity contribution in [1.29, 1.82) is 0 Å². The van der Waals surface area contributed by atoms with Crippen LogP contribution in [0.25, 0.3) is 11.4 Å². The van der Waals surface area contributed by atoms with Gasteiger partial charge in [-0.25, -0.2) is 14.4 Å². The molecule has 1 heterocycles. The smallest absolute Gasteiger partial charge is 0.159 e. The maximum absolute atomic E-state index is 13.2. The van der Waals surface area contributed by atoms with Crippen LogP contribution in [0.5, 0.6) is 0 Å². The first-order chi connectivity index (χ1) is 9.29. The van der Waals surface area contributed by atoms with Gasteiger partial charge in [-0.15, -0.1) is 0 Å². The number of halogens is 1. The second kappa shape index (κ2) is 6.92. The minimum atomic E-state index is -0.287. The van der Waals surface area contributed by atoms with Gasteiger partial charge in [0.15, 0.2) is 5.82 Å². The first-order valence-corrected chi connectivity index (χ1v) is 6.07. The van der Waals surface area contributed by atoms with Gasteiger partial charge in [-0.05, 0) is 18.2 Å². The summed E-state index contributed by atoms with van der Waals surface area (Å²) in [7, 11) is 1.66. The molecule has 0 bridgehead atoms. The Morgan fingerprint density at radius 2 is 2.21 bits per heavy atom. The molecular weight excluding hydrogens is 245 g/mol. The number of hydrogen-bond donors (Lipinski definition) is 1. The predicted molar refractivity (Wildman–Crippen MR) is 71.0 cm³/mol. The molecule has 1 aromatic heterocycles. The first kappa shape index (κ1) is 13.6. The van der Waals surface area contributed by atoms with Crippen LogP contribution < -0.4 is 5.32 Å². The summed E-state index contributed by atoms with van der Waals surface area (Å²) >= 11 is 0. The van der Waals surface area contributed by atoms with Crippen molar-refractivity contribution in [3.63, 3.8) is 0 Å². The van der Waals surface area contributed by atoms with Gasteiger partial charge in [-0.3, -0.25) is 0 Å². The predicted octanol–water partition coefficient (Wildman–Crippen LogP) is 2.02. The van der Waals surface area contributed by atoms with Crippen molar-refractivity contribution in [3.8, 4) is 11.4 Å². The van der Waals surface area contributed by atoms with Crippen molar-refractivity contribution in [2.24, 2.45) is 0 Å². The van der Waals surface area contributed by atoms with Crippen molar-refractivity contribution in [2.75, 3.05) is 20.3 Å². The van der Waals surface area contributed by atoms with Crippen LogP contribution in [0.4, 0.5) is 4.39 Å². The van der Waals surface area contributed by atoms with E-state index in [9.17, 15) is 4.39 Å². The van der Waals surface area contributed by atoms with E-state index in [1.165, 1.54) is 12.1 Å². The Morgan fingerprint density at radius 3 is 3.00 bits per heavy atom. The molecule has 2 rings (SSSR count). The van der Waals surface area contributed by atoms with Crippen molar-refractivity contribution < 1.29 is 9.13 Å². The molecule has 1 N–H and O–H groups in total. The lowest BCUT2D eigenvalue weighted by atomic mass is 10.2. The van der Waals surface area contributed by atoms with Gasteiger partial charge in [0.1, 0.15) is 5.82 Å². The molecule has 0 fully saturated rings. The van der Waals surface area contributed by atoms with Crippen LogP contribution in [0.2, 0.25) is 0 Å². The highest BCUT2D eigenvalue weighted by Gasteiger charge is 2.03. The molecule has 0 radical (unpaired) electrons. The zero-order valence-corrected chi connectivity index (χ0v) is 10.8. The maximum Gasteiger partial charge on any atom is 0.159 e. The van der Waals surface area contributed by atoms with Crippen LogP contribution in [-0.4, -0.2) is 30.2 Å². The van der Waals surface area contributed by atoms with Gasteiger partial charge < -0.3 is 10.1 Å². The molecule has 0 atom stereocenters. The largest absolute Gasteiger partial charge is 0.383 e. The van der Waals surface area contributed by atoms with E-state index in [-0.39, 0.29) is 5.82 Å². The van der Waals surface area contributed by atoms with Crippen LogP contribution in [0.3, 0.4) is 0 Å². The second-order valence-electron chi connectivity index (χ2n) is 4.05. The average molecular weight is 261 g/mol. The van der Waals surface area contributed by atoms with Crippen LogP contribution in [0.15, 0.2) is 36.5 Å². The Bertz CT molecular complexity index is 534. The van der Waals surface area contributed by atoms with Crippen LogP contribution in [0, 0.1) is 5.82 Å². The third kappa shape index (κ3) is 4.08. The summed E-state index contributed by atoms with van der Waals surface area (Å²) in [4.78, 5) is 8.57. The fourth-order valence-electron chi connectivity index (χ4n) is 1.65. The summed E-state index contributed by atoms with van der Waals surface area (Å²) in [6.07, 6.45) is 1.68. The van der Waals surface area contributed by atoms with Crippen molar-refractivity contribution in [1.82, 2.24) is 15.3 Å². The number of methoxy groups -OCH3 is 1. The Labute approximate surface area is 111 Å². The standard InChI is InChI=1S/C14H16FN3O/c1-19-8-7-16-10-13-5-6-17-14(18-13)11-3-2-4-12(15)9-11/h2-6,9,16H,7-8,10H2,1H3. The van der Waals surface area contributed by atoms with E-state index in [4.69, 9.17) is 4.74 Å². The van der Waals surface area contributed by atoms with E-state index in [1.807, 2.05) is 6.07 Å². The molecule has 2 aromatic rings. The molecule has 1 aromatic carbocycles. The van der Waals surface area contributed by atoms with E-state index in [2.05, 4.69) is 15.3 Å². The maximum atomic E-state index is 13.2. The molecule has 5 heteroatoms. The highest BCUT2D eigenvalue weighted by molar-refractivity contribution is 5.54. The molecular formula is C14H16FN3O. The summed E-state index contributed by atoms with van der Waals surface area (Å²) in [5.74, 6) is 0.246. The lowest BCUT2D eigenvalue weighted by Crippen LogP contribution is -2.19. The summed E-state index contributed by atoms with van der Waals surface area (Å²) < 4.78 is 18.1. The third-order valence-corrected chi connectivity index (χ3v) is 2.59. The van der Waals surface area contributed by atoms with E-state index in [0.29, 0.717) is 24.5 Å². The number of nitrogens with one attached hydrogen (secondary N) is 1. The van der Waals surface area contributed by atoms with Crippen molar-refractivity contribution >= 4 is 0 Å². The number of hydrogen-bond acceptors (Lipinski definition) is 4. The van der Waals surface area contributed by atoms with Crippen LogP contribution >= 0.6 is 0 Å². The molecule has 0 amide bonds. The first-order valence-electron chi connectivity index (χ1n) is 6.07. The minimum Gasteiger partial charge on any atom is -0.383 e. The molecule has 0 aliphatic heterocycles. The summed E-state index contributed by atoms with van der Waals surface area (Å²) in [5, 5.41) is 3.20. The average Bonchev–Trinajstić information content (AvgIpc) is 2.44. The lowest BCUT2D eigenvalue weighted by Gasteiger charge is -2.05. The Morgan fingerprint density at radius 1 is 1.32 bits per heavy atom. The zero-order valence-electron chi connectivity index (χ0n) is 10.8. The Kier molecular flexibility index (Phi) is 4.94. The number of rotatable bonds is 6. The highest BCUT2D eigenvalue weighted by Crippen LogP contribution is 2.15. The molecule has 0 aliphatic carbocycles. The van der Waals surface area contributed by atoms with Gasteiger partial charge in [0.25, 0.3) is 0 Å². The Hall–Kier alpha value is -1.85. The molecule has 0 spiro atoms. The van der Waals surface area contributed by atoms with E-state index >= 15 is 0 Å². The quantitative estimate of drug-likeness (QED) is 0.808. The summed E-state index contributed by atoms with van der Waals surface area (Å²) in [6.45, 7) is 2.05. The minimum absolute atomic E-state index is 0.287. The van der Waals surface area contributed by atoms with E-state index < -0.39 is 0 Å². The van der Waals surface area contributed by atoms with E-state index in [1.54, 1.807) is 25.4 Å². The molecule has 0 aliphatic rings. The number of benzene rings is 1. The van der Waals surface area contributed by atoms with Gasteiger partial charge >= 0.3 is 0 Å². The van der Waals surface area contributed by atoms with E-state index in [0.717, 1.165) is 12.2 Å². The monoisotopic (exact) mass is 261 g/mol. The topological polar surface area (TPSA) is 47.0 Å². The second-order valence-corrected chi connectivity index (χ2v) is 4.05. The lowest BCUT2D eigenvalue weighted by molar-refractivity contribution is 0.199. The van der Waals surface area contributed by atoms with Crippen LogP contribution in [-0.2, 0) is 11.3 Å². The highest BCUT2D eigenvalue weighted by atomic mass is 19.1. The third-order valence-electron chi connectivity index (χ3n) is 2.59.